The van der Waals surface area contributed by atoms with Gasteiger partial charge in [0.15, 0.2) is 0 Å². The number of nitrogens with one attached hydrogen (secondary N) is 1. The fraction of sp³-hybridized carbons (Fsp3) is 1.00. The third-order valence-corrected chi connectivity index (χ3v) is 4.07. The summed E-state index contributed by atoms with van der Waals surface area (Å²) in [5, 5.41) is 3.81. The van der Waals surface area contributed by atoms with Gasteiger partial charge in [-0.3, -0.25) is 4.90 Å². The van der Waals surface area contributed by atoms with Crippen LogP contribution in [0.3, 0.4) is 0 Å². The molecule has 3 heteroatoms. The molecule has 1 aliphatic rings. The maximum absolute atomic E-state index is 3.81. The molecule has 1 N–H and O–H groups in total. The summed E-state index contributed by atoms with van der Waals surface area (Å²) in [5.74, 6) is 0.752. The van der Waals surface area contributed by atoms with Crippen LogP contribution in [0, 0.1) is 5.92 Å². The van der Waals surface area contributed by atoms with Crippen molar-refractivity contribution in [1.29, 1.82) is 0 Å². The van der Waals surface area contributed by atoms with Gasteiger partial charge in [0.1, 0.15) is 0 Å². The third-order valence-electron chi connectivity index (χ3n) is 4.07. The van der Waals surface area contributed by atoms with Gasteiger partial charge in [-0.1, -0.05) is 27.2 Å². The van der Waals surface area contributed by atoms with Gasteiger partial charge < -0.3 is 10.2 Å². The molecule has 1 atom stereocenters. The molecular formula is C16H35N3. The lowest BCUT2D eigenvalue weighted by Crippen LogP contribution is -2.51. The van der Waals surface area contributed by atoms with Gasteiger partial charge in [0.05, 0.1) is 0 Å². The average molecular weight is 269 g/mol. The van der Waals surface area contributed by atoms with Crippen molar-refractivity contribution in [2.75, 3.05) is 46.8 Å². The first-order chi connectivity index (χ1) is 8.97. The Morgan fingerprint density at radius 2 is 1.95 bits per heavy atom. The van der Waals surface area contributed by atoms with Crippen molar-refractivity contribution >= 4 is 0 Å². The molecular weight excluding hydrogens is 234 g/mol. The van der Waals surface area contributed by atoms with Crippen LogP contribution in [-0.4, -0.2) is 62.2 Å². The molecule has 0 amide bonds. The van der Waals surface area contributed by atoms with Crippen LogP contribution in [0.1, 0.15) is 46.5 Å². The van der Waals surface area contributed by atoms with Gasteiger partial charge in [-0.05, 0) is 45.8 Å². The van der Waals surface area contributed by atoms with Gasteiger partial charge in [-0.2, -0.15) is 0 Å². The molecule has 3 nitrogen and oxygen atoms in total. The zero-order chi connectivity index (χ0) is 14.3. The lowest BCUT2D eigenvalue weighted by atomic mass is 9.91. The zero-order valence-electron chi connectivity index (χ0n) is 13.8. The van der Waals surface area contributed by atoms with E-state index >= 15 is 0 Å². The van der Waals surface area contributed by atoms with Crippen molar-refractivity contribution in [3.63, 3.8) is 0 Å². The van der Waals surface area contributed by atoms with E-state index in [4.69, 9.17) is 0 Å². The average Bonchev–Trinajstić information content (AvgIpc) is 2.74. The Morgan fingerprint density at radius 1 is 1.21 bits per heavy atom. The highest BCUT2D eigenvalue weighted by Gasteiger charge is 2.34. The summed E-state index contributed by atoms with van der Waals surface area (Å²) in [6, 6.07) is 0. The van der Waals surface area contributed by atoms with Crippen LogP contribution in [0.25, 0.3) is 0 Å². The molecule has 1 unspecified atom stereocenters. The molecule has 0 aliphatic carbocycles. The normalized spacial score (nSPS) is 24.0. The Bertz CT molecular complexity index is 232. The summed E-state index contributed by atoms with van der Waals surface area (Å²) in [7, 11) is 4.34. The standard InChI is InChI=1S/C16H35N3/c1-6-8-16(9-7-10-17-16)14-19(13-15(2)3)12-11-18(4)5/h15,17H,6-14H2,1-5H3. The highest BCUT2D eigenvalue weighted by Crippen LogP contribution is 2.26. The number of rotatable bonds is 9. The minimum atomic E-state index is 0.399. The Hall–Kier alpha value is -0.120. The highest BCUT2D eigenvalue weighted by molar-refractivity contribution is 4.95. The minimum absolute atomic E-state index is 0.399. The Balaban J connectivity index is 2.57. The van der Waals surface area contributed by atoms with Crippen LogP contribution in [-0.2, 0) is 0 Å². The second kappa shape index (κ2) is 8.23. The second-order valence-corrected chi connectivity index (χ2v) is 6.99. The van der Waals surface area contributed by atoms with Crippen molar-refractivity contribution in [2.24, 2.45) is 5.92 Å². The van der Waals surface area contributed by atoms with Crippen LogP contribution in [0.4, 0.5) is 0 Å². The first kappa shape index (κ1) is 16.9. The van der Waals surface area contributed by atoms with Gasteiger partial charge >= 0.3 is 0 Å². The Kier molecular flexibility index (Phi) is 7.33. The van der Waals surface area contributed by atoms with Gasteiger partial charge in [0, 0.05) is 31.7 Å². The largest absolute Gasteiger partial charge is 0.310 e. The fourth-order valence-corrected chi connectivity index (χ4v) is 3.30. The van der Waals surface area contributed by atoms with E-state index in [1.807, 2.05) is 0 Å². The van der Waals surface area contributed by atoms with Crippen LogP contribution < -0.4 is 5.32 Å². The molecule has 1 saturated heterocycles. The number of likely N-dealkylation sites (N-methyl/N-ethyl adjacent to an activating group) is 1. The third kappa shape index (κ3) is 6.24. The zero-order valence-corrected chi connectivity index (χ0v) is 13.8. The SMILES string of the molecule is CCCC1(CN(CCN(C)C)CC(C)C)CCCN1. The van der Waals surface area contributed by atoms with Gasteiger partial charge in [0.2, 0.25) is 0 Å². The van der Waals surface area contributed by atoms with Crippen molar-refractivity contribution in [3.8, 4) is 0 Å². The van der Waals surface area contributed by atoms with E-state index in [2.05, 4.69) is 50.0 Å². The molecule has 0 aromatic heterocycles. The van der Waals surface area contributed by atoms with E-state index in [1.165, 1.54) is 51.9 Å². The summed E-state index contributed by atoms with van der Waals surface area (Å²) in [6.45, 7) is 13.0. The molecule has 114 valence electrons. The van der Waals surface area contributed by atoms with Gasteiger partial charge in [-0.25, -0.2) is 0 Å². The minimum Gasteiger partial charge on any atom is -0.310 e. The van der Waals surface area contributed by atoms with E-state index in [0.717, 1.165) is 12.5 Å². The van der Waals surface area contributed by atoms with Gasteiger partial charge in [0.25, 0.3) is 0 Å². The molecule has 0 spiro atoms. The smallest absolute Gasteiger partial charge is 0.0309 e. The molecule has 19 heavy (non-hydrogen) atoms. The Morgan fingerprint density at radius 3 is 2.42 bits per heavy atom. The predicted octanol–water partition coefficient (Wildman–Crippen LogP) is 2.43. The summed E-state index contributed by atoms with van der Waals surface area (Å²) in [5.41, 5.74) is 0.399. The van der Waals surface area contributed by atoms with Crippen LogP contribution in [0.15, 0.2) is 0 Å². The fourth-order valence-electron chi connectivity index (χ4n) is 3.30. The molecule has 0 aromatic carbocycles. The molecule has 0 saturated carbocycles. The first-order valence-corrected chi connectivity index (χ1v) is 8.09. The maximum Gasteiger partial charge on any atom is 0.0309 e. The molecule has 0 bridgehead atoms. The summed E-state index contributed by atoms with van der Waals surface area (Å²) in [6.07, 6.45) is 5.32. The van der Waals surface area contributed by atoms with Crippen LogP contribution >= 0.6 is 0 Å². The number of hydrogen-bond acceptors (Lipinski definition) is 3. The van der Waals surface area contributed by atoms with Crippen molar-refractivity contribution < 1.29 is 0 Å². The summed E-state index contributed by atoms with van der Waals surface area (Å²) < 4.78 is 0. The predicted molar refractivity (Wildman–Crippen MR) is 84.7 cm³/mol. The lowest BCUT2D eigenvalue weighted by molar-refractivity contribution is 0.156. The monoisotopic (exact) mass is 269 g/mol. The lowest BCUT2D eigenvalue weighted by Gasteiger charge is -2.37. The van der Waals surface area contributed by atoms with E-state index < -0.39 is 0 Å². The maximum atomic E-state index is 3.81. The van der Waals surface area contributed by atoms with E-state index in [9.17, 15) is 0 Å². The van der Waals surface area contributed by atoms with Crippen molar-refractivity contribution in [2.45, 2.75) is 52.0 Å². The molecule has 1 aliphatic heterocycles. The van der Waals surface area contributed by atoms with Crippen molar-refractivity contribution in [3.05, 3.63) is 0 Å². The van der Waals surface area contributed by atoms with E-state index in [0.29, 0.717) is 5.54 Å². The number of hydrogen-bond donors (Lipinski definition) is 1. The van der Waals surface area contributed by atoms with E-state index in [-0.39, 0.29) is 0 Å². The van der Waals surface area contributed by atoms with E-state index in [1.54, 1.807) is 0 Å². The highest BCUT2D eigenvalue weighted by atomic mass is 15.2. The summed E-state index contributed by atoms with van der Waals surface area (Å²) >= 11 is 0. The molecule has 1 heterocycles. The Labute approximate surface area is 120 Å². The van der Waals surface area contributed by atoms with Crippen molar-refractivity contribution in [1.82, 2.24) is 15.1 Å². The van der Waals surface area contributed by atoms with Crippen LogP contribution in [0.2, 0.25) is 0 Å². The first-order valence-electron chi connectivity index (χ1n) is 8.09. The molecule has 0 radical (unpaired) electrons. The quantitative estimate of drug-likeness (QED) is 0.693. The topological polar surface area (TPSA) is 18.5 Å². The van der Waals surface area contributed by atoms with Gasteiger partial charge in [-0.15, -0.1) is 0 Å². The molecule has 0 aromatic rings. The number of nitrogens with zero attached hydrogens (tertiary/aromatic N) is 2. The van der Waals surface area contributed by atoms with Crippen LogP contribution in [0.5, 0.6) is 0 Å². The molecule has 1 rings (SSSR count). The summed E-state index contributed by atoms with van der Waals surface area (Å²) in [4.78, 5) is 4.97. The molecule has 1 fully saturated rings. The second-order valence-electron chi connectivity index (χ2n) is 6.99.